The minimum atomic E-state index is 0. The third-order valence-electron chi connectivity index (χ3n) is 4.44. The maximum absolute atomic E-state index is 4.49. The molecule has 1 aromatic heterocycles. The number of nitrogens with one attached hydrogen (secondary N) is 1. The smallest absolute Gasteiger partial charge is 0.193 e. The van der Waals surface area contributed by atoms with E-state index in [-0.39, 0.29) is 24.0 Å². The standard InChI is InChI=1S/C16H25N5S.HI/c1-12-15(22-13(2)19-12)10-18-16(17-3)21-9-6-14(11-21)20-7-4-5-8-20;/h4-5,14H,6-11H2,1-3H3,(H,17,18);1H. The Morgan fingerprint density at radius 3 is 2.74 bits per heavy atom. The fourth-order valence-corrected chi connectivity index (χ4v) is 4.13. The summed E-state index contributed by atoms with van der Waals surface area (Å²) < 4.78 is 0. The van der Waals surface area contributed by atoms with Crippen molar-refractivity contribution in [1.29, 1.82) is 0 Å². The van der Waals surface area contributed by atoms with Crippen LogP contribution in [0.1, 0.15) is 22.0 Å². The van der Waals surface area contributed by atoms with Crippen LogP contribution < -0.4 is 5.32 Å². The highest BCUT2D eigenvalue weighted by Gasteiger charge is 2.29. The summed E-state index contributed by atoms with van der Waals surface area (Å²) in [5.41, 5.74) is 1.13. The molecule has 0 bridgehead atoms. The summed E-state index contributed by atoms with van der Waals surface area (Å²) in [6.45, 7) is 9.31. The molecule has 1 N–H and O–H groups in total. The molecule has 0 radical (unpaired) electrons. The van der Waals surface area contributed by atoms with Gasteiger partial charge in [0.15, 0.2) is 5.96 Å². The first-order valence-corrected chi connectivity index (χ1v) is 8.76. The van der Waals surface area contributed by atoms with Crippen LogP contribution in [-0.4, -0.2) is 60.0 Å². The SMILES string of the molecule is CN=C(NCc1sc(C)nc1C)N1CCC(N2CC=CC2)C1.I. The molecule has 0 aliphatic carbocycles. The average Bonchev–Trinajstić information content (AvgIpc) is 3.21. The maximum Gasteiger partial charge on any atom is 0.193 e. The zero-order chi connectivity index (χ0) is 15.5. The van der Waals surface area contributed by atoms with Crippen molar-refractivity contribution in [1.82, 2.24) is 20.1 Å². The van der Waals surface area contributed by atoms with Crippen molar-refractivity contribution in [2.45, 2.75) is 32.9 Å². The second kappa shape index (κ2) is 8.43. The van der Waals surface area contributed by atoms with E-state index in [1.165, 1.54) is 11.3 Å². The number of thiazole rings is 1. The molecule has 2 aliphatic rings. The summed E-state index contributed by atoms with van der Waals surface area (Å²) >= 11 is 1.77. The number of nitrogens with zero attached hydrogens (tertiary/aromatic N) is 4. The second-order valence-corrected chi connectivity index (χ2v) is 7.24. The van der Waals surface area contributed by atoms with E-state index in [1.807, 2.05) is 7.05 Å². The van der Waals surface area contributed by atoms with E-state index in [1.54, 1.807) is 11.3 Å². The van der Waals surface area contributed by atoms with E-state index in [9.17, 15) is 0 Å². The number of likely N-dealkylation sites (tertiary alicyclic amines) is 1. The van der Waals surface area contributed by atoms with E-state index < -0.39 is 0 Å². The molecule has 0 saturated carbocycles. The Hall–Kier alpha value is -0.670. The van der Waals surface area contributed by atoms with Crippen molar-refractivity contribution < 1.29 is 0 Å². The Labute approximate surface area is 159 Å². The number of halogens is 1. The summed E-state index contributed by atoms with van der Waals surface area (Å²) in [4.78, 5) is 15.2. The fraction of sp³-hybridized carbons (Fsp3) is 0.625. The van der Waals surface area contributed by atoms with Crippen molar-refractivity contribution >= 4 is 41.3 Å². The highest BCUT2D eigenvalue weighted by molar-refractivity contribution is 14.0. The molecule has 3 heterocycles. The molecule has 0 spiro atoms. The van der Waals surface area contributed by atoms with Gasteiger partial charge in [-0.15, -0.1) is 35.3 Å². The van der Waals surface area contributed by atoms with E-state index in [4.69, 9.17) is 0 Å². The van der Waals surface area contributed by atoms with Gasteiger partial charge in [0.2, 0.25) is 0 Å². The first kappa shape index (κ1) is 18.7. The molecule has 1 fully saturated rings. The highest BCUT2D eigenvalue weighted by atomic mass is 127. The van der Waals surface area contributed by atoms with Crippen LogP contribution in [0.3, 0.4) is 0 Å². The Kier molecular flexibility index (Phi) is 6.84. The summed E-state index contributed by atoms with van der Waals surface area (Å²) in [5.74, 6) is 1.01. The molecule has 1 unspecified atom stereocenters. The Morgan fingerprint density at radius 1 is 1.39 bits per heavy atom. The Morgan fingerprint density at radius 2 is 2.13 bits per heavy atom. The number of aliphatic imine (C=N–C) groups is 1. The van der Waals surface area contributed by atoms with E-state index in [0.717, 1.165) is 49.4 Å². The first-order valence-electron chi connectivity index (χ1n) is 7.95. The predicted molar refractivity (Wildman–Crippen MR) is 108 cm³/mol. The van der Waals surface area contributed by atoms with Crippen LogP contribution in [0.4, 0.5) is 0 Å². The Bertz CT molecular complexity index is 575. The first-order chi connectivity index (χ1) is 10.7. The summed E-state index contributed by atoms with van der Waals surface area (Å²) in [5, 5.41) is 4.64. The molecule has 1 saturated heterocycles. The largest absolute Gasteiger partial charge is 0.351 e. The van der Waals surface area contributed by atoms with Crippen LogP contribution in [0.5, 0.6) is 0 Å². The van der Waals surface area contributed by atoms with Gasteiger partial charge < -0.3 is 10.2 Å². The summed E-state index contributed by atoms with van der Waals surface area (Å²) in [6.07, 6.45) is 5.76. The van der Waals surface area contributed by atoms with Gasteiger partial charge in [-0.05, 0) is 20.3 Å². The van der Waals surface area contributed by atoms with Gasteiger partial charge in [0, 0.05) is 44.1 Å². The third kappa shape index (κ3) is 4.45. The van der Waals surface area contributed by atoms with Crippen LogP contribution in [0.2, 0.25) is 0 Å². The normalized spacial score (nSPS) is 21.8. The molecule has 5 nitrogen and oxygen atoms in total. The number of aryl methyl sites for hydroxylation is 2. The zero-order valence-corrected chi connectivity index (χ0v) is 17.2. The lowest BCUT2D eigenvalue weighted by Crippen LogP contribution is -2.42. The minimum Gasteiger partial charge on any atom is -0.351 e. The number of aromatic nitrogens is 1. The minimum absolute atomic E-state index is 0. The molecular weight excluding hydrogens is 421 g/mol. The third-order valence-corrected chi connectivity index (χ3v) is 5.52. The molecular formula is C16H26IN5S. The molecule has 128 valence electrons. The average molecular weight is 447 g/mol. The Balaban J connectivity index is 0.00000192. The van der Waals surface area contributed by atoms with Gasteiger partial charge in [0.1, 0.15) is 0 Å². The predicted octanol–water partition coefficient (Wildman–Crippen LogP) is 2.40. The lowest BCUT2D eigenvalue weighted by Gasteiger charge is -2.25. The molecule has 0 aromatic carbocycles. The van der Waals surface area contributed by atoms with Crippen LogP contribution in [0, 0.1) is 13.8 Å². The van der Waals surface area contributed by atoms with Gasteiger partial charge in [0.25, 0.3) is 0 Å². The van der Waals surface area contributed by atoms with Crippen molar-refractivity contribution in [3.8, 4) is 0 Å². The van der Waals surface area contributed by atoms with Crippen LogP contribution in [-0.2, 0) is 6.54 Å². The number of hydrogen-bond acceptors (Lipinski definition) is 4. The van der Waals surface area contributed by atoms with Crippen LogP contribution >= 0.6 is 35.3 Å². The zero-order valence-electron chi connectivity index (χ0n) is 14.1. The van der Waals surface area contributed by atoms with Gasteiger partial charge in [-0.2, -0.15) is 0 Å². The van der Waals surface area contributed by atoms with Gasteiger partial charge in [0.05, 0.1) is 17.2 Å². The molecule has 1 atom stereocenters. The van der Waals surface area contributed by atoms with Crippen molar-refractivity contribution in [3.05, 3.63) is 27.7 Å². The molecule has 23 heavy (non-hydrogen) atoms. The van der Waals surface area contributed by atoms with E-state index >= 15 is 0 Å². The van der Waals surface area contributed by atoms with Crippen LogP contribution in [0.15, 0.2) is 17.1 Å². The van der Waals surface area contributed by atoms with Gasteiger partial charge >= 0.3 is 0 Å². The summed E-state index contributed by atoms with van der Waals surface area (Å²) in [7, 11) is 1.87. The molecule has 7 heteroatoms. The molecule has 2 aliphatic heterocycles. The quantitative estimate of drug-likeness (QED) is 0.335. The lowest BCUT2D eigenvalue weighted by atomic mass is 10.2. The van der Waals surface area contributed by atoms with Crippen molar-refractivity contribution in [2.24, 2.45) is 4.99 Å². The summed E-state index contributed by atoms with van der Waals surface area (Å²) in [6, 6.07) is 0.654. The molecule has 1 aromatic rings. The van der Waals surface area contributed by atoms with Gasteiger partial charge in [-0.1, -0.05) is 12.2 Å². The molecule has 0 amide bonds. The fourth-order valence-electron chi connectivity index (χ4n) is 3.25. The maximum atomic E-state index is 4.49. The van der Waals surface area contributed by atoms with Crippen molar-refractivity contribution in [2.75, 3.05) is 33.2 Å². The monoisotopic (exact) mass is 447 g/mol. The number of hydrogen-bond donors (Lipinski definition) is 1. The number of guanidine groups is 1. The highest BCUT2D eigenvalue weighted by Crippen LogP contribution is 2.19. The molecule has 3 rings (SSSR count). The van der Waals surface area contributed by atoms with Crippen molar-refractivity contribution in [3.63, 3.8) is 0 Å². The van der Waals surface area contributed by atoms with Gasteiger partial charge in [-0.3, -0.25) is 9.89 Å². The van der Waals surface area contributed by atoms with E-state index in [2.05, 4.69) is 51.1 Å². The van der Waals surface area contributed by atoms with Crippen LogP contribution in [0.25, 0.3) is 0 Å². The lowest BCUT2D eigenvalue weighted by molar-refractivity contribution is 0.259. The van der Waals surface area contributed by atoms with E-state index in [0.29, 0.717) is 6.04 Å². The topological polar surface area (TPSA) is 43.8 Å². The van der Waals surface area contributed by atoms with Gasteiger partial charge in [-0.25, -0.2) is 4.98 Å². The second-order valence-electron chi connectivity index (χ2n) is 5.96. The number of rotatable bonds is 3.